The second kappa shape index (κ2) is 45.0. The van der Waals surface area contributed by atoms with Gasteiger partial charge in [0.15, 0.2) is 6.17 Å². The van der Waals surface area contributed by atoms with E-state index in [4.69, 9.17) is 0 Å². The average molecular weight is 2060 g/mol. The molecule has 0 saturated heterocycles. The van der Waals surface area contributed by atoms with E-state index in [1.807, 2.05) is 0 Å². The first-order valence-electron chi connectivity index (χ1n) is 26.7. The number of hydrogen-bond donors (Lipinski definition) is 0. The van der Waals surface area contributed by atoms with Crippen molar-refractivity contribution in [2.24, 2.45) is 0 Å². The van der Waals surface area contributed by atoms with Crippen molar-refractivity contribution in [3.8, 4) is 0 Å². The summed E-state index contributed by atoms with van der Waals surface area (Å²) in [6.07, 6.45) is -128. The van der Waals surface area contributed by atoms with Crippen LogP contribution in [-0.4, -0.2) is 251 Å². The Balaban J connectivity index is -0.000000150. The maximum atomic E-state index is 13.4. The van der Waals surface area contributed by atoms with Crippen LogP contribution in [0.15, 0.2) is 0 Å². The molecule has 0 saturated carbocycles. The van der Waals surface area contributed by atoms with Gasteiger partial charge in [0.25, 0.3) is 17.9 Å². The topological polar surface area (TPSA) is 73.8 Å². The van der Waals surface area contributed by atoms with Gasteiger partial charge in [-0.25, -0.2) is 35.1 Å². The van der Waals surface area contributed by atoms with Crippen molar-refractivity contribution in [1.29, 1.82) is 0 Å². The summed E-state index contributed by atoms with van der Waals surface area (Å²) in [7, 11) is 2.82. The van der Waals surface area contributed by atoms with Crippen LogP contribution < -0.4 is 0 Å². The Hall–Kier alpha value is -5.29. The first-order chi connectivity index (χ1) is 52.4. The molecule has 0 rings (SSSR count). The highest BCUT2D eigenvalue weighted by atomic mass is 19.5. The van der Waals surface area contributed by atoms with Gasteiger partial charge in [-0.2, -0.15) is 241 Å². The molecule has 8 nitrogen and oxygen atoms in total. The molecule has 0 aliphatic heterocycles. The summed E-state index contributed by atoms with van der Waals surface area (Å²) < 4.78 is 855. The predicted octanol–water partition coefficient (Wildman–Crippen LogP) is 26.6. The Morgan fingerprint density at radius 3 is 0.589 bits per heavy atom. The summed E-state index contributed by atoms with van der Waals surface area (Å²) in [6, 6.07) is 0. The molecular weight excluding hydrogens is 2020 g/mol. The van der Waals surface area contributed by atoms with Gasteiger partial charge in [-0.1, -0.05) is 0 Å². The fourth-order valence-electron chi connectivity index (χ4n) is 4.81. The van der Waals surface area contributed by atoms with Crippen LogP contribution >= 0.6 is 0 Å². The maximum Gasteiger partial charge on any atom is 0.559 e. The summed E-state index contributed by atoms with van der Waals surface area (Å²) in [5.74, 6) is -55.8. The first kappa shape index (κ1) is 139. The highest BCUT2D eigenvalue weighted by Gasteiger charge is 2.88. The van der Waals surface area contributed by atoms with Gasteiger partial charge in [0.2, 0.25) is 0 Å². The van der Waals surface area contributed by atoms with Gasteiger partial charge in [0.1, 0.15) is 18.9 Å². The highest BCUT2D eigenvalue weighted by Crippen LogP contribution is 2.60. The third-order valence-electron chi connectivity index (χ3n) is 10.8. The van der Waals surface area contributed by atoms with Gasteiger partial charge in [0, 0.05) is 56.4 Å². The number of alkyl halides is 71. The normalized spacial score (nSPS) is 16.3. The molecule has 0 radical (unpaired) electrons. The molecule has 5 atom stereocenters. The van der Waals surface area contributed by atoms with Crippen LogP contribution in [0.4, 0.5) is 312 Å². The Morgan fingerprint density at radius 2 is 0.444 bits per heavy atom. The Kier molecular flexibility index (Phi) is 50.5. The van der Waals surface area contributed by atoms with E-state index in [0.717, 1.165) is 0 Å². The van der Waals surface area contributed by atoms with Crippen molar-refractivity contribution in [2.45, 2.75) is 228 Å². The quantitative estimate of drug-likeness (QED) is 0.0993. The number of methoxy groups -OCH3 is 6. The molecule has 0 aromatic rings. The molecule has 5 unspecified atom stereocenters. The molecule has 0 N–H and O–H groups in total. The number of rotatable bonds is 22. The summed E-state index contributed by atoms with van der Waals surface area (Å²) in [4.78, 5) is 0. The van der Waals surface area contributed by atoms with Crippen LogP contribution in [-0.2, 0) is 37.9 Å². The standard InChI is InChI=1S/C8H7F11O.C8H9F9O.C6H5F9O.3C5H3F9O.C4H3F7O.C2H6O.2CF4/c1-2-20-4(9,3-5(10,11)12)6(13,14)7(15,16)8(17,18)19;1-3(9)8(16,17)18-4(2)6(11,12)5(10)7(13,14)15;1-16-3(7,2-4(8,9)10)5(11,12)6(13,14)15;1-15-5(13,14)3(8,9)2(6,7)4(10,11)12;2*1-15-5(13,14)2(6,3(7,8)9)4(10,11)12;1-12-4(10,11)2(5,6)3(7,8)9;1-3-2;2*2-1(3,4)5/h2-3H2,1H3;3-5H,1-2H3;2H2,1H3;3*1H3;1H3;1-2H3;;. The van der Waals surface area contributed by atoms with Crippen LogP contribution in [0.3, 0.4) is 0 Å². The smallest absolute Gasteiger partial charge is 0.388 e. The fraction of sp³-hybridized carbons (Fsp3) is 1.00. The summed E-state index contributed by atoms with van der Waals surface area (Å²) in [5.41, 5.74) is -13.5. The van der Waals surface area contributed by atoms with E-state index in [2.05, 4.69) is 37.9 Å². The number of ether oxygens (including phenoxy) is 8. The molecule has 0 aromatic heterocycles. The van der Waals surface area contributed by atoms with Crippen molar-refractivity contribution in [3.05, 3.63) is 0 Å². The second-order valence-corrected chi connectivity index (χ2v) is 20.1. The maximum absolute atomic E-state index is 13.4. The lowest BCUT2D eigenvalue weighted by molar-refractivity contribution is -0.446. The van der Waals surface area contributed by atoms with Crippen molar-refractivity contribution in [1.82, 2.24) is 0 Å². The molecule has 0 bridgehead atoms. The second-order valence-electron chi connectivity index (χ2n) is 20.1. The number of halogens is 71. The molecule has 0 fully saturated rings. The molecule has 124 heavy (non-hydrogen) atoms. The van der Waals surface area contributed by atoms with E-state index in [0.29, 0.717) is 6.92 Å². The zero-order valence-corrected chi connectivity index (χ0v) is 58.5. The Labute approximate surface area is 635 Å². The Morgan fingerprint density at radius 1 is 0.242 bits per heavy atom. The summed E-state index contributed by atoms with van der Waals surface area (Å²) in [5, 5.41) is 0. The van der Waals surface area contributed by atoms with Crippen LogP contribution in [0.5, 0.6) is 0 Å². The van der Waals surface area contributed by atoms with Gasteiger partial charge in [-0.15, -0.1) is 35.1 Å². The number of hydrogen-bond acceptors (Lipinski definition) is 8. The van der Waals surface area contributed by atoms with E-state index in [1.54, 1.807) is 14.2 Å². The van der Waals surface area contributed by atoms with Crippen LogP contribution in [0.25, 0.3) is 0 Å². The van der Waals surface area contributed by atoms with Crippen molar-refractivity contribution < 1.29 is 350 Å². The van der Waals surface area contributed by atoms with Crippen molar-refractivity contribution in [2.75, 3.05) is 56.4 Å². The predicted molar refractivity (Wildman–Crippen MR) is 251 cm³/mol. The zero-order chi connectivity index (χ0) is 105. The average Bonchev–Trinajstić information content (AvgIpc) is 0.741. The molecule has 0 aromatic carbocycles. The van der Waals surface area contributed by atoms with E-state index < -0.39 is 214 Å². The largest absolute Gasteiger partial charge is 0.559 e. The van der Waals surface area contributed by atoms with Crippen molar-refractivity contribution >= 4 is 0 Å². The Bertz CT molecular complexity index is 2820. The van der Waals surface area contributed by atoms with E-state index in [-0.39, 0.29) is 49.4 Å². The highest BCUT2D eigenvalue weighted by molar-refractivity contribution is 5.04. The molecule has 764 valence electrons. The van der Waals surface area contributed by atoms with E-state index in [1.165, 1.54) is 0 Å². The molecular formula is C45H39F71O8. The molecule has 79 heteroatoms. The lowest BCUT2D eigenvalue weighted by Crippen LogP contribution is -2.65. The minimum Gasteiger partial charge on any atom is -0.388 e. The van der Waals surface area contributed by atoms with Gasteiger partial charge in [0.05, 0.1) is 0 Å². The monoisotopic (exact) mass is 2060 g/mol. The SMILES string of the molecule is CC(F)C(F)(F)OC(C)C(F)(F)C(F)C(F)(F)F.CCOC(F)(CC(F)(F)F)C(F)(F)C(F)(F)C(F)(F)F.COC.COC(F)(CC(F)(F)F)C(F)(F)C(F)(F)F.COC(F)(F)C(F)(C(F)(F)F)C(F)(F)F.COC(F)(F)C(F)(C(F)(F)F)C(F)(F)F.COC(F)(F)C(F)(F)C(F)(F)C(F)(F)F.COC(F)(F)C(F)(F)C(F)(F)F.FC(F)(F)F.FC(F)(F)F. The van der Waals surface area contributed by atoms with E-state index >= 15 is 0 Å². The molecule has 0 amide bonds. The van der Waals surface area contributed by atoms with Gasteiger partial charge < -0.3 is 37.9 Å². The minimum atomic E-state index is -7.05. The van der Waals surface area contributed by atoms with Gasteiger partial charge in [-0.3, -0.25) is 0 Å². The fourth-order valence-corrected chi connectivity index (χ4v) is 4.81. The lowest BCUT2D eigenvalue weighted by Gasteiger charge is -2.38. The van der Waals surface area contributed by atoms with Gasteiger partial charge in [-0.05, 0) is 20.8 Å². The summed E-state index contributed by atoms with van der Waals surface area (Å²) in [6.45, 7) is -0.293. The lowest BCUT2D eigenvalue weighted by atomic mass is 9.99. The first-order valence-corrected chi connectivity index (χ1v) is 26.7. The van der Waals surface area contributed by atoms with E-state index in [9.17, 15) is 312 Å². The molecule has 0 spiro atoms. The molecule has 0 aliphatic carbocycles. The molecule has 0 aliphatic rings. The minimum absolute atomic E-state index is 0.00854. The third-order valence-corrected chi connectivity index (χ3v) is 10.8. The summed E-state index contributed by atoms with van der Waals surface area (Å²) >= 11 is 0. The molecule has 0 heterocycles. The zero-order valence-electron chi connectivity index (χ0n) is 58.5. The third kappa shape index (κ3) is 39.6. The van der Waals surface area contributed by atoms with Crippen LogP contribution in [0, 0.1) is 0 Å². The van der Waals surface area contributed by atoms with Crippen LogP contribution in [0.1, 0.15) is 33.6 Å². The van der Waals surface area contributed by atoms with Crippen LogP contribution in [0.2, 0.25) is 0 Å². The van der Waals surface area contributed by atoms with Gasteiger partial charge >= 0.3 is 164 Å². The van der Waals surface area contributed by atoms with Crippen molar-refractivity contribution in [3.63, 3.8) is 0 Å².